The lowest BCUT2D eigenvalue weighted by molar-refractivity contribution is -0.0416. The first kappa shape index (κ1) is 12.8. The Bertz CT molecular complexity index is 457. The monoisotopic (exact) mass is 254 g/mol. The molecule has 0 aromatic carbocycles. The maximum absolute atomic E-state index is 5.87. The van der Waals surface area contributed by atoms with Gasteiger partial charge in [0.05, 0.1) is 17.9 Å². The number of rotatable bonds is 0. The fourth-order valence-electron chi connectivity index (χ4n) is 2.66. The Morgan fingerprint density at radius 1 is 1.18 bits per heavy atom. The molecular formula is C13H19ClN2O. The lowest BCUT2D eigenvalue weighted by atomic mass is 9.91. The van der Waals surface area contributed by atoms with Gasteiger partial charge in [0.1, 0.15) is 0 Å². The van der Waals surface area contributed by atoms with Crippen LogP contribution < -0.4 is 5.32 Å². The molecule has 0 fully saturated rings. The van der Waals surface area contributed by atoms with E-state index in [1.165, 1.54) is 28.1 Å². The molecule has 0 unspecified atom stereocenters. The molecule has 0 aliphatic carbocycles. The summed E-state index contributed by atoms with van der Waals surface area (Å²) in [4.78, 5) is 4.81. The van der Waals surface area contributed by atoms with Crippen LogP contribution in [0.2, 0.25) is 0 Å². The molecule has 0 amide bonds. The average molecular weight is 255 g/mol. The average Bonchev–Trinajstić information content (AvgIpc) is 2.64. The second kappa shape index (κ2) is 4.23. The maximum Gasteiger partial charge on any atom is 0.0744 e. The predicted molar refractivity (Wildman–Crippen MR) is 69.3 cm³/mol. The van der Waals surface area contributed by atoms with Gasteiger partial charge in [-0.3, -0.25) is 4.98 Å². The fourth-order valence-corrected chi connectivity index (χ4v) is 2.66. The fraction of sp³-hybridized carbons (Fsp3) is 0.615. The number of nitrogens with one attached hydrogen (secondary N) is 1. The third-order valence-corrected chi connectivity index (χ3v) is 3.67. The van der Waals surface area contributed by atoms with E-state index < -0.39 is 0 Å². The Morgan fingerprint density at radius 2 is 1.94 bits per heavy atom. The normalized spacial score (nSPS) is 20.4. The van der Waals surface area contributed by atoms with Crippen molar-refractivity contribution >= 4 is 12.4 Å². The molecule has 2 aliphatic heterocycles. The smallest absolute Gasteiger partial charge is 0.0744 e. The highest BCUT2D eigenvalue weighted by atomic mass is 35.5. The van der Waals surface area contributed by atoms with Gasteiger partial charge in [0.2, 0.25) is 0 Å². The Kier molecular flexibility index (Phi) is 3.19. The van der Waals surface area contributed by atoms with Gasteiger partial charge in [-0.25, -0.2) is 0 Å². The summed E-state index contributed by atoms with van der Waals surface area (Å²) in [6.45, 7) is 9.08. The number of pyridine rings is 1. The number of nitrogens with zero attached hydrogens (tertiary/aromatic N) is 1. The molecule has 1 aromatic heterocycles. The van der Waals surface area contributed by atoms with Crippen molar-refractivity contribution in [3.63, 3.8) is 0 Å². The number of fused-ring (bicyclic) bond motifs is 2. The molecule has 0 saturated carbocycles. The molecule has 0 radical (unpaired) electrons. The highest BCUT2D eigenvalue weighted by Gasteiger charge is 2.30. The third kappa shape index (κ3) is 2.07. The van der Waals surface area contributed by atoms with Gasteiger partial charge >= 0.3 is 0 Å². The van der Waals surface area contributed by atoms with Gasteiger partial charge in [-0.05, 0) is 31.9 Å². The SMILES string of the molecule is Cc1c2c(nc3c1COC(C)(C)C3)CNC2.Cl. The first-order valence-electron chi connectivity index (χ1n) is 5.91. The quantitative estimate of drug-likeness (QED) is 0.771. The van der Waals surface area contributed by atoms with Crippen molar-refractivity contribution in [3.05, 3.63) is 28.1 Å². The second-order valence-corrected chi connectivity index (χ2v) is 5.42. The van der Waals surface area contributed by atoms with Gasteiger partial charge < -0.3 is 10.1 Å². The Morgan fingerprint density at radius 3 is 2.71 bits per heavy atom. The van der Waals surface area contributed by atoms with Crippen molar-refractivity contribution in [1.82, 2.24) is 10.3 Å². The summed E-state index contributed by atoms with van der Waals surface area (Å²) in [7, 11) is 0. The van der Waals surface area contributed by atoms with E-state index in [-0.39, 0.29) is 18.0 Å². The lowest BCUT2D eigenvalue weighted by Gasteiger charge is -2.32. The van der Waals surface area contributed by atoms with Crippen LogP contribution in [-0.4, -0.2) is 10.6 Å². The minimum Gasteiger partial charge on any atom is -0.370 e. The van der Waals surface area contributed by atoms with E-state index in [9.17, 15) is 0 Å². The minimum atomic E-state index is -0.0628. The molecule has 94 valence electrons. The summed E-state index contributed by atoms with van der Waals surface area (Å²) in [6.07, 6.45) is 0.927. The molecule has 0 saturated heterocycles. The molecular weight excluding hydrogens is 236 g/mol. The summed E-state index contributed by atoms with van der Waals surface area (Å²) >= 11 is 0. The van der Waals surface area contributed by atoms with Crippen LogP contribution in [0.3, 0.4) is 0 Å². The van der Waals surface area contributed by atoms with Crippen LogP contribution in [0.4, 0.5) is 0 Å². The zero-order chi connectivity index (χ0) is 11.3. The number of ether oxygens (including phenoxy) is 1. The van der Waals surface area contributed by atoms with Crippen LogP contribution >= 0.6 is 12.4 Å². The van der Waals surface area contributed by atoms with E-state index in [4.69, 9.17) is 9.72 Å². The second-order valence-electron chi connectivity index (χ2n) is 5.42. The van der Waals surface area contributed by atoms with Gasteiger partial charge in [-0.15, -0.1) is 12.4 Å². The van der Waals surface area contributed by atoms with Crippen molar-refractivity contribution in [3.8, 4) is 0 Å². The van der Waals surface area contributed by atoms with Crippen LogP contribution in [0.25, 0.3) is 0 Å². The molecule has 17 heavy (non-hydrogen) atoms. The van der Waals surface area contributed by atoms with Gasteiger partial charge in [0.25, 0.3) is 0 Å². The molecule has 1 N–H and O–H groups in total. The Hall–Kier alpha value is -0.640. The third-order valence-electron chi connectivity index (χ3n) is 3.67. The Balaban J connectivity index is 0.00000108. The van der Waals surface area contributed by atoms with Crippen LogP contribution in [0.1, 0.15) is 41.9 Å². The lowest BCUT2D eigenvalue weighted by Crippen LogP contribution is -2.33. The number of hydrogen-bond acceptors (Lipinski definition) is 3. The number of hydrogen-bond donors (Lipinski definition) is 1. The van der Waals surface area contributed by atoms with Gasteiger partial charge in [-0.2, -0.15) is 0 Å². The van der Waals surface area contributed by atoms with E-state index in [0.29, 0.717) is 6.61 Å². The minimum absolute atomic E-state index is 0. The van der Waals surface area contributed by atoms with Gasteiger partial charge in [0.15, 0.2) is 0 Å². The maximum atomic E-state index is 5.87. The van der Waals surface area contributed by atoms with E-state index >= 15 is 0 Å². The van der Waals surface area contributed by atoms with Gasteiger partial charge in [-0.1, -0.05) is 0 Å². The molecule has 1 aromatic rings. The van der Waals surface area contributed by atoms with Crippen molar-refractivity contribution in [2.45, 2.75) is 52.5 Å². The molecule has 0 bridgehead atoms. The molecule has 0 atom stereocenters. The highest BCUT2D eigenvalue weighted by Crippen LogP contribution is 2.32. The molecule has 3 heterocycles. The summed E-state index contributed by atoms with van der Waals surface area (Å²) < 4.78 is 5.87. The Labute approximate surface area is 108 Å². The van der Waals surface area contributed by atoms with Crippen LogP contribution in [0, 0.1) is 6.92 Å². The van der Waals surface area contributed by atoms with Crippen molar-refractivity contribution in [1.29, 1.82) is 0 Å². The first-order valence-corrected chi connectivity index (χ1v) is 5.91. The largest absolute Gasteiger partial charge is 0.370 e. The summed E-state index contributed by atoms with van der Waals surface area (Å²) in [5.74, 6) is 0. The van der Waals surface area contributed by atoms with E-state index in [1.54, 1.807) is 0 Å². The standard InChI is InChI=1S/C13H18N2O.ClH/c1-8-9-5-14-6-12(9)15-11-4-13(2,3)16-7-10(8)11;/h14H,4-7H2,1-3H3;1H. The van der Waals surface area contributed by atoms with Crippen molar-refractivity contribution in [2.75, 3.05) is 0 Å². The first-order chi connectivity index (χ1) is 7.57. The zero-order valence-electron chi connectivity index (χ0n) is 10.6. The summed E-state index contributed by atoms with van der Waals surface area (Å²) in [5, 5.41) is 3.37. The summed E-state index contributed by atoms with van der Waals surface area (Å²) in [6, 6.07) is 0. The van der Waals surface area contributed by atoms with Crippen LogP contribution in [0.5, 0.6) is 0 Å². The highest BCUT2D eigenvalue weighted by molar-refractivity contribution is 5.85. The summed E-state index contributed by atoms with van der Waals surface area (Å²) in [5.41, 5.74) is 6.53. The van der Waals surface area contributed by atoms with E-state index in [2.05, 4.69) is 26.1 Å². The molecule has 4 heteroatoms. The molecule has 3 nitrogen and oxygen atoms in total. The van der Waals surface area contributed by atoms with Gasteiger partial charge in [0, 0.05) is 30.8 Å². The van der Waals surface area contributed by atoms with Crippen LogP contribution in [-0.2, 0) is 30.9 Å². The predicted octanol–water partition coefficient (Wildman–Crippen LogP) is 2.27. The number of halogens is 1. The molecule has 2 aliphatic rings. The molecule has 3 rings (SSSR count). The number of aromatic nitrogens is 1. The van der Waals surface area contributed by atoms with Crippen molar-refractivity contribution in [2.24, 2.45) is 0 Å². The molecule has 0 spiro atoms. The van der Waals surface area contributed by atoms with E-state index in [1.807, 2.05) is 0 Å². The topological polar surface area (TPSA) is 34.1 Å². The van der Waals surface area contributed by atoms with Crippen LogP contribution in [0.15, 0.2) is 0 Å². The van der Waals surface area contributed by atoms with Crippen molar-refractivity contribution < 1.29 is 4.74 Å². The zero-order valence-corrected chi connectivity index (χ0v) is 11.4. The van der Waals surface area contributed by atoms with E-state index in [0.717, 1.165) is 19.5 Å².